The quantitative estimate of drug-likeness (QED) is 0.371. The van der Waals surface area contributed by atoms with E-state index in [4.69, 9.17) is 27.9 Å². The molecule has 0 spiro atoms. The van der Waals surface area contributed by atoms with Gasteiger partial charge in [-0.2, -0.15) is 0 Å². The summed E-state index contributed by atoms with van der Waals surface area (Å²) in [5, 5.41) is 1.25. The summed E-state index contributed by atoms with van der Waals surface area (Å²) in [6.45, 7) is 3.11. The van der Waals surface area contributed by atoms with Crippen LogP contribution in [0.5, 0.6) is 0 Å². The Morgan fingerprint density at radius 1 is 1.07 bits per heavy atom. The second-order valence-electron chi connectivity index (χ2n) is 6.65. The predicted molar refractivity (Wildman–Crippen MR) is 112 cm³/mol. The van der Waals surface area contributed by atoms with Gasteiger partial charge in [-0.15, -0.1) is 0 Å². The lowest BCUT2D eigenvalue weighted by molar-refractivity contribution is -0.143. The number of aryl methyl sites for hydroxylation is 2. The van der Waals surface area contributed by atoms with Crippen LogP contribution in [0.4, 0.5) is 0 Å². The van der Waals surface area contributed by atoms with Gasteiger partial charge in [-0.05, 0) is 42.2 Å². The molecule has 2 aromatic carbocycles. The van der Waals surface area contributed by atoms with E-state index in [1.165, 1.54) is 0 Å². The summed E-state index contributed by atoms with van der Waals surface area (Å²) in [7, 11) is 0. The number of carbonyl (C=O) groups is 1. The summed E-state index contributed by atoms with van der Waals surface area (Å²) in [5.41, 5.74) is 3.78. The largest absolute Gasteiger partial charge is 0.465 e. The van der Waals surface area contributed by atoms with Gasteiger partial charge in [0.15, 0.2) is 0 Å². The highest BCUT2D eigenvalue weighted by Gasteiger charge is 2.12. The van der Waals surface area contributed by atoms with Gasteiger partial charge in [-0.3, -0.25) is 4.79 Å². The van der Waals surface area contributed by atoms with Crippen molar-refractivity contribution < 1.29 is 9.53 Å². The van der Waals surface area contributed by atoms with E-state index < -0.39 is 0 Å². The van der Waals surface area contributed by atoms with Crippen LogP contribution < -0.4 is 0 Å². The molecule has 3 aromatic rings. The van der Waals surface area contributed by atoms with E-state index in [-0.39, 0.29) is 12.4 Å². The smallest absolute Gasteiger partial charge is 0.310 e. The average Bonchev–Trinajstić information content (AvgIpc) is 3.08. The predicted octanol–water partition coefficient (Wildman–Crippen LogP) is 5.27. The van der Waals surface area contributed by atoms with Crippen molar-refractivity contribution in [1.82, 2.24) is 9.55 Å². The minimum Gasteiger partial charge on any atom is -0.465 e. The van der Waals surface area contributed by atoms with Crippen molar-refractivity contribution >= 4 is 29.2 Å². The number of ether oxygens (including phenoxy) is 1. The fraction of sp³-hybridized carbons (Fsp3) is 0.273. The lowest BCUT2D eigenvalue weighted by atomic mass is 9.98. The topological polar surface area (TPSA) is 44.1 Å². The van der Waals surface area contributed by atoms with Crippen LogP contribution in [0, 0.1) is 6.92 Å². The normalized spacial score (nSPS) is 10.8. The molecule has 0 saturated heterocycles. The lowest BCUT2D eigenvalue weighted by Crippen LogP contribution is -2.12. The molecule has 0 N–H and O–H groups in total. The van der Waals surface area contributed by atoms with Crippen molar-refractivity contribution in [2.75, 3.05) is 6.61 Å². The van der Waals surface area contributed by atoms with Gasteiger partial charge in [-0.1, -0.05) is 53.5 Å². The highest BCUT2D eigenvalue weighted by Crippen LogP contribution is 2.28. The summed E-state index contributed by atoms with van der Waals surface area (Å²) in [5.74, 6) is -0.237. The first-order valence-electron chi connectivity index (χ1n) is 9.16. The van der Waals surface area contributed by atoms with Crippen LogP contribution in [0.25, 0.3) is 0 Å². The Bertz CT molecular complexity index is 933. The number of nitrogens with zero attached hydrogens (tertiary/aromatic N) is 2. The Kier molecular flexibility index (Phi) is 7.12. The van der Waals surface area contributed by atoms with Gasteiger partial charge in [0, 0.05) is 29.2 Å². The highest BCUT2D eigenvalue weighted by atomic mass is 35.5. The maximum absolute atomic E-state index is 12.3. The van der Waals surface area contributed by atoms with Gasteiger partial charge in [-0.25, -0.2) is 4.98 Å². The number of aromatic nitrogens is 2. The Balaban J connectivity index is 1.56. The molecule has 1 heterocycles. The van der Waals surface area contributed by atoms with Crippen molar-refractivity contribution in [3.63, 3.8) is 0 Å². The maximum Gasteiger partial charge on any atom is 0.310 e. The van der Waals surface area contributed by atoms with E-state index in [2.05, 4.69) is 4.98 Å². The molecule has 0 amide bonds. The van der Waals surface area contributed by atoms with Crippen molar-refractivity contribution in [2.45, 2.75) is 32.7 Å². The number of carbonyl (C=O) groups excluding carboxylic acids is 1. The van der Waals surface area contributed by atoms with Gasteiger partial charge in [0.05, 0.1) is 25.0 Å². The SMILES string of the molecule is Cc1cn(CCCOC(=O)Cc2ccccc2Cc2c(Cl)cccc2Cl)cn1. The number of esters is 1. The average molecular weight is 417 g/mol. The van der Waals surface area contributed by atoms with Gasteiger partial charge in [0.25, 0.3) is 0 Å². The summed E-state index contributed by atoms with van der Waals surface area (Å²) >= 11 is 12.6. The van der Waals surface area contributed by atoms with Crippen LogP contribution in [-0.4, -0.2) is 22.1 Å². The number of benzene rings is 2. The molecule has 146 valence electrons. The molecule has 3 rings (SSSR count). The molecule has 0 radical (unpaired) electrons. The molecular weight excluding hydrogens is 395 g/mol. The fourth-order valence-corrected chi connectivity index (χ4v) is 3.56. The Morgan fingerprint density at radius 3 is 2.46 bits per heavy atom. The molecule has 0 saturated carbocycles. The zero-order chi connectivity index (χ0) is 19.9. The molecule has 0 bridgehead atoms. The van der Waals surface area contributed by atoms with Crippen LogP contribution in [0.1, 0.15) is 28.8 Å². The molecule has 0 aliphatic heterocycles. The van der Waals surface area contributed by atoms with Crippen LogP contribution in [0.15, 0.2) is 55.0 Å². The van der Waals surface area contributed by atoms with Crippen LogP contribution in [0.3, 0.4) is 0 Å². The van der Waals surface area contributed by atoms with Gasteiger partial charge < -0.3 is 9.30 Å². The van der Waals surface area contributed by atoms with Crippen molar-refractivity contribution in [2.24, 2.45) is 0 Å². The molecule has 0 aliphatic carbocycles. The zero-order valence-corrected chi connectivity index (χ0v) is 17.2. The lowest BCUT2D eigenvalue weighted by Gasteiger charge is -2.12. The monoisotopic (exact) mass is 416 g/mol. The molecule has 1 aromatic heterocycles. The second-order valence-corrected chi connectivity index (χ2v) is 7.46. The standard InChI is InChI=1S/C22H22Cl2N2O2/c1-16-14-26(15-25-16)10-5-11-28-22(27)13-18-7-3-2-6-17(18)12-19-20(23)8-4-9-21(19)24/h2-4,6-9,14-15H,5,10-13H2,1H3. The number of imidazole rings is 1. The number of halogens is 2. The van der Waals surface area contributed by atoms with Gasteiger partial charge in [0.2, 0.25) is 0 Å². The summed E-state index contributed by atoms with van der Waals surface area (Å²) < 4.78 is 7.39. The molecular formula is C22H22Cl2N2O2. The van der Waals surface area contributed by atoms with Crippen LogP contribution in [0.2, 0.25) is 10.0 Å². The van der Waals surface area contributed by atoms with Crippen molar-refractivity contribution in [1.29, 1.82) is 0 Å². The Labute approximate surface area is 175 Å². The van der Waals surface area contributed by atoms with Crippen LogP contribution >= 0.6 is 23.2 Å². The molecule has 0 fully saturated rings. The first-order valence-corrected chi connectivity index (χ1v) is 9.92. The minimum absolute atomic E-state index is 0.225. The molecule has 28 heavy (non-hydrogen) atoms. The molecule has 4 nitrogen and oxygen atoms in total. The summed E-state index contributed by atoms with van der Waals surface area (Å²) in [4.78, 5) is 16.5. The highest BCUT2D eigenvalue weighted by molar-refractivity contribution is 6.36. The van der Waals surface area contributed by atoms with Gasteiger partial charge in [0.1, 0.15) is 0 Å². The number of hydrogen-bond donors (Lipinski definition) is 0. The third kappa shape index (κ3) is 5.60. The minimum atomic E-state index is -0.237. The Morgan fingerprint density at radius 2 is 1.79 bits per heavy atom. The van der Waals surface area contributed by atoms with E-state index >= 15 is 0 Å². The second kappa shape index (κ2) is 9.76. The van der Waals surface area contributed by atoms with Gasteiger partial charge >= 0.3 is 5.97 Å². The molecule has 0 unspecified atom stereocenters. The molecule has 0 atom stereocenters. The number of hydrogen-bond acceptors (Lipinski definition) is 3. The van der Waals surface area contributed by atoms with E-state index in [9.17, 15) is 4.79 Å². The third-order valence-electron chi connectivity index (χ3n) is 4.47. The van der Waals surface area contributed by atoms with E-state index in [0.29, 0.717) is 23.1 Å². The van der Waals surface area contributed by atoms with E-state index in [1.807, 2.05) is 60.2 Å². The molecule has 6 heteroatoms. The van der Waals surface area contributed by atoms with E-state index in [0.717, 1.165) is 35.3 Å². The fourth-order valence-electron chi connectivity index (χ4n) is 3.03. The number of rotatable bonds is 8. The summed E-state index contributed by atoms with van der Waals surface area (Å²) in [6.07, 6.45) is 5.30. The first-order chi connectivity index (χ1) is 13.5. The van der Waals surface area contributed by atoms with Crippen molar-refractivity contribution in [3.05, 3.63) is 87.4 Å². The van der Waals surface area contributed by atoms with E-state index in [1.54, 1.807) is 6.33 Å². The van der Waals surface area contributed by atoms with Crippen molar-refractivity contribution in [3.8, 4) is 0 Å². The van der Waals surface area contributed by atoms with Crippen LogP contribution in [-0.2, 0) is 28.9 Å². The first kappa shape index (κ1) is 20.4. The zero-order valence-electron chi connectivity index (χ0n) is 15.7. The molecule has 0 aliphatic rings. The Hall–Kier alpha value is -2.30. The third-order valence-corrected chi connectivity index (χ3v) is 5.18. The maximum atomic E-state index is 12.3. The summed E-state index contributed by atoms with van der Waals surface area (Å²) in [6, 6.07) is 13.3.